The number of pyridine rings is 1. The third-order valence-corrected chi connectivity index (χ3v) is 6.70. The van der Waals surface area contributed by atoms with Crippen molar-refractivity contribution in [2.45, 2.75) is 51.0 Å². The number of carbonyl (C=O) groups excluding carboxylic acids is 2. The van der Waals surface area contributed by atoms with E-state index in [1.54, 1.807) is 11.1 Å². The molecule has 1 aromatic carbocycles. The maximum atomic E-state index is 13.6. The minimum absolute atomic E-state index is 0.111. The number of rotatable bonds is 4. The molecular formula is C26H29N5O2. The summed E-state index contributed by atoms with van der Waals surface area (Å²) in [6, 6.07) is 11.5. The summed E-state index contributed by atoms with van der Waals surface area (Å²) in [5.41, 5.74) is 5.70. The highest BCUT2D eigenvalue weighted by Crippen LogP contribution is 2.25. The quantitative estimate of drug-likeness (QED) is 0.647. The predicted molar refractivity (Wildman–Crippen MR) is 126 cm³/mol. The van der Waals surface area contributed by atoms with Gasteiger partial charge in [-0.3, -0.25) is 19.7 Å². The fourth-order valence-corrected chi connectivity index (χ4v) is 4.94. The molecular weight excluding hydrogens is 414 g/mol. The van der Waals surface area contributed by atoms with Crippen LogP contribution in [0.4, 0.5) is 0 Å². The highest BCUT2D eigenvalue weighted by molar-refractivity contribution is 5.98. The third kappa shape index (κ3) is 4.53. The highest BCUT2D eigenvalue weighted by atomic mass is 16.2. The van der Waals surface area contributed by atoms with Gasteiger partial charge in [-0.05, 0) is 48.4 Å². The van der Waals surface area contributed by atoms with Crippen molar-refractivity contribution in [3.05, 3.63) is 71.3 Å². The molecule has 1 saturated heterocycles. The number of benzene rings is 1. The SMILES string of the molecule is O=C1NCCN(C(=O)c2n[nH]c3c2CCCCCC3)[C@@H]1Cc1cccc(-c2cccnc2)c1. The van der Waals surface area contributed by atoms with Crippen LogP contribution >= 0.6 is 0 Å². The molecule has 1 fully saturated rings. The minimum Gasteiger partial charge on any atom is -0.353 e. The predicted octanol–water partition coefficient (Wildman–Crippen LogP) is 3.31. The molecule has 2 aliphatic rings. The second-order valence-electron chi connectivity index (χ2n) is 8.90. The van der Waals surface area contributed by atoms with Gasteiger partial charge in [-0.15, -0.1) is 0 Å². The van der Waals surface area contributed by atoms with Crippen molar-refractivity contribution in [2.24, 2.45) is 0 Å². The van der Waals surface area contributed by atoms with E-state index >= 15 is 0 Å². The first-order chi connectivity index (χ1) is 16.2. The Morgan fingerprint density at radius 1 is 1.06 bits per heavy atom. The number of hydrogen-bond donors (Lipinski definition) is 2. The molecule has 170 valence electrons. The molecule has 1 aliphatic heterocycles. The number of aromatic amines is 1. The van der Waals surface area contributed by atoms with Gasteiger partial charge in [0.05, 0.1) is 0 Å². The molecule has 1 aliphatic carbocycles. The number of hydrogen-bond acceptors (Lipinski definition) is 4. The van der Waals surface area contributed by atoms with Gasteiger partial charge in [0.2, 0.25) is 5.91 Å². The largest absolute Gasteiger partial charge is 0.353 e. The lowest BCUT2D eigenvalue weighted by molar-refractivity contribution is -0.127. The number of fused-ring (bicyclic) bond motifs is 1. The summed E-state index contributed by atoms with van der Waals surface area (Å²) in [6.45, 7) is 0.947. The number of aryl methyl sites for hydroxylation is 1. The van der Waals surface area contributed by atoms with Gasteiger partial charge >= 0.3 is 0 Å². The number of nitrogens with zero attached hydrogens (tertiary/aromatic N) is 3. The lowest BCUT2D eigenvalue weighted by atomic mass is 9.95. The van der Waals surface area contributed by atoms with E-state index in [-0.39, 0.29) is 11.8 Å². The normalized spacial score (nSPS) is 18.7. The van der Waals surface area contributed by atoms with Gasteiger partial charge in [0.1, 0.15) is 6.04 Å². The van der Waals surface area contributed by atoms with Crippen LogP contribution < -0.4 is 5.32 Å². The first kappa shape index (κ1) is 21.4. The maximum Gasteiger partial charge on any atom is 0.275 e. The van der Waals surface area contributed by atoms with E-state index in [0.717, 1.165) is 53.6 Å². The van der Waals surface area contributed by atoms with Crippen molar-refractivity contribution in [2.75, 3.05) is 13.1 Å². The molecule has 5 rings (SSSR count). The van der Waals surface area contributed by atoms with Gasteiger partial charge < -0.3 is 10.2 Å². The summed E-state index contributed by atoms with van der Waals surface area (Å²) < 4.78 is 0. The number of aromatic nitrogens is 3. The van der Waals surface area contributed by atoms with Gasteiger partial charge in [-0.1, -0.05) is 43.2 Å². The molecule has 1 atom stereocenters. The highest BCUT2D eigenvalue weighted by Gasteiger charge is 2.36. The summed E-state index contributed by atoms with van der Waals surface area (Å²) in [5, 5.41) is 10.5. The zero-order chi connectivity index (χ0) is 22.6. The Morgan fingerprint density at radius 2 is 1.91 bits per heavy atom. The van der Waals surface area contributed by atoms with Crippen LogP contribution in [-0.2, 0) is 24.1 Å². The Labute approximate surface area is 193 Å². The van der Waals surface area contributed by atoms with Crippen molar-refractivity contribution >= 4 is 11.8 Å². The van der Waals surface area contributed by atoms with Crippen LogP contribution in [0.1, 0.15) is 53.0 Å². The van der Waals surface area contributed by atoms with Gasteiger partial charge in [0, 0.05) is 43.2 Å². The van der Waals surface area contributed by atoms with Gasteiger partial charge in [0.15, 0.2) is 5.69 Å². The second kappa shape index (κ2) is 9.57. The van der Waals surface area contributed by atoms with Crippen LogP contribution in [0.5, 0.6) is 0 Å². The van der Waals surface area contributed by atoms with Crippen LogP contribution in [0, 0.1) is 0 Å². The molecule has 7 heteroatoms. The Hall–Kier alpha value is -3.48. The Morgan fingerprint density at radius 3 is 2.76 bits per heavy atom. The molecule has 2 amide bonds. The fourth-order valence-electron chi connectivity index (χ4n) is 4.94. The molecule has 7 nitrogen and oxygen atoms in total. The smallest absolute Gasteiger partial charge is 0.275 e. The molecule has 3 heterocycles. The monoisotopic (exact) mass is 443 g/mol. The van der Waals surface area contributed by atoms with Crippen molar-refractivity contribution < 1.29 is 9.59 Å². The summed E-state index contributed by atoms with van der Waals surface area (Å²) >= 11 is 0. The molecule has 0 radical (unpaired) electrons. The van der Waals surface area contributed by atoms with Crippen molar-refractivity contribution in [3.8, 4) is 11.1 Å². The average Bonchev–Trinajstić information content (AvgIpc) is 3.22. The number of nitrogens with one attached hydrogen (secondary N) is 2. The molecule has 33 heavy (non-hydrogen) atoms. The van der Waals surface area contributed by atoms with E-state index < -0.39 is 6.04 Å². The first-order valence-corrected chi connectivity index (χ1v) is 11.8. The molecule has 0 bridgehead atoms. The van der Waals surface area contributed by atoms with Crippen LogP contribution in [0.2, 0.25) is 0 Å². The summed E-state index contributed by atoms with van der Waals surface area (Å²) in [4.78, 5) is 32.4. The molecule has 3 aromatic rings. The maximum absolute atomic E-state index is 13.6. The van der Waals surface area contributed by atoms with Gasteiger partial charge in [-0.25, -0.2) is 0 Å². The Balaban J connectivity index is 1.40. The summed E-state index contributed by atoms with van der Waals surface area (Å²) in [7, 11) is 0. The molecule has 2 aromatic heterocycles. The van der Waals surface area contributed by atoms with E-state index in [9.17, 15) is 9.59 Å². The molecule has 0 spiro atoms. The topological polar surface area (TPSA) is 91.0 Å². The molecule has 2 N–H and O–H groups in total. The molecule has 0 unspecified atom stereocenters. The first-order valence-electron chi connectivity index (χ1n) is 11.8. The fraction of sp³-hybridized carbons (Fsp3) is 0.385. The standard InChI is InChI=1S/C26H29N5O2/c32-25-23(16-18-7-5-8-19(15-18)20-9-6-12-27-17-20)31(14-13-28-25)26(33)24-21-10-3-1-2-4-11-22(21)29-30-24/h5-9,12,15,17,23H,1-4,10-11,13-14,16H2,(H,28,32)(H,29,30)/t23-/m1/s1. The number of H-pyrrole nitrogens is 1. The summed E-state index contributed by atoms with van der Waals surface area (Å²) in [5.74, 6) is -0.254. The number of carbonyl (C=O) groups is 2. The van der Waals surface area contributed by atoms with Crippen LogP contribution in [-0.4, -0.2) is 51.0 Å². The third-order valence-electron chi connectivity index (χ3n) is 6.70. The zero-order valence-corrected chi connectivity index (χ0v) is 18.7. The van der Waals surface area contributed by atoms with Gasteiger partial charge in [0.25, 0.3) is 5.91 Å². The van der Waals surface area contributed by atoms with Crippen LogP contribution in [0.3, 0.4) is 0 Å². The van der Waals surface area contributed by atoms with Crippen LogP contribution in [0.15, 0.2) is 48.8 Å². The van der Waals surface area contributed by atoms with Crippen molar-refractivity contribution in [1.29, 1.82) is 0 Å². The van der Waals surface area contributed by atoms with Gasteiger partial charge in [-0.2, -0.15) is 5.10 Å². The van der Waals surface area contributed by atoms with Crippen molar-refractivity contribution in [1.82, 2.24) is 25.4 Å². The van der Waals surface area contributed by atoms with Crippen LogP contribution in [0.25, 0.3) is 11.1 Å². The summed E-state index contributed by atoms with van der Waals surface area (Å²) in [6.07, 6.45) is 10.4. The minimum atomic E-state index is -0.559. The lowest BCUT2D eigenvalue weighted by Crippen LogP contribution is -2.58. The average molecular weight is 444 g/mol. The van der Waals surface area contributed by atoms with E-state index in [4.69, 9.17) is 0 Å². The Kier molecular flexibility index (Phi) is 6.19. The lowest BCUT2D eigenvalue weighted by Gasteiger charge is -2.35. The Bertz CT molecular complexity index is 1140. The molecule has 0 saturated carbocycles. The van der Waals surface area contributed by atoms with Crippen molar-refractivity contribution in [3.63, 3.8) is 0 Å². The van der Waals surface area contributed by atoms with E-state index in [0.29, 0.717) is 25.2 Å². The second-order valence-corrected chi connectivity index (χ2v) is 8.90. The zero-order valence-electron chi connectivity index (χ0n) is 18.7. The van der Waals surface area contributed by atoms with E-state index in [2.05, 4.69) is 26.6 Å². The number of amides is 2. The van der Waals surface area contributed by atoms with E-state index in [1.807, 2.05) is 36.5 Å². The van der Waals surface area contributed by atoms with E-state index in [1.165, 1.54) is 12.8 Å². The number of piperazine rings is 1.